The van der Waals surface area contributed by atoms with Crippen molar-refractivity contribution in [2.45, 2.75) is 24.5 Å². The number of hydrogen-bond acceptors (Lipinski definition) is 6. The van der Waals surface area contributed by atoms with Crippen LogP contribution < -0.4 is 0 Å². The van der Waals surface area contributed by atoms with Crippen molar-refractivity contribution >= 4 is 5.78 Å². The molecular formula is C10H15NO6. The van der Waals surface area contributed by atoms with Crippen molar-refractivity contribution in [2.75, 3.05) is 6.61 Å². The van der Waals surface area contributed by atoms with Crippen LogP contribution in [0.2, 0.25) is 0 Å². The summed E-state index contributed by atoms with van der Waals surface area (Å²) in [5.74, 6) is -1.07. The van der Waals surface area contributed by atoms with E-state index in [4.69, 9.17) is 10.2 Å². The van der Waals surface area contributed by atoms with Crippen molar-refractivity contribution in [3.05, 3.63) is 24.5 Å². The molecule has 0 saturated carbocycles. The molecule has 1 aromatic heterocycles. The van der Waals surface area contributed by atoms with Gasteiger partial charge in [-0.3, -0.25) is 4.79 Å². The summed E-state index contributed by atoms with van der Waals surface area (Å²) in [6, 6.07) is 3.14. The monoisotopic (exact) mass is 245 g/mol. The van der Waals surface area contributed by atoms with Gasteiger partial charge in [0.2, 0.25) is 5.78 Å². The maximum atomic E-state index is 11.5. The van der Waals surface area contributed by atoms with E-state index in [0.717, 1.165) is 4.57 Å². The first-order chi connectivity index (χ1) is 7.99. The lowest BCUT2D eigenvalue weighted by atomic mass is 10.0. The average molecular weight is 245 g/mol. The van der Waals surface area contributed by atoms with Gasteiger partial charge in [0.15, 0.2) is 6.23 Å². The van der Waals surface area contributed by atoms with Crippen LogP contribution >= 0.6 is 0 Å². The van der Waals surface area contributed by atoms with E-state index >= 15 is 0 Å². The third-order valence-corrected chi connectivity index (χ3v) is 2.36. The molecule has 96 valence electrons. The van der Waals surface area contributed by atoms with Crippen LogP contribution in [-0.2, 0) is 4.79 Å². The van der Waals surface area contributed by atoms with Gasteiger partial charge in [-0.05, 0) is 12.1 Å². The van der Waals surface area contributed by atoms with Gasteiger partial charge in [0.1, 0.15) is 18.3 Å². The summed E-state index contributed by atoms with van der Waals surface area (Å²) in [6.45, 7) is -0.800. The van der Waals surface area contributed by atoms with Gasteiger partial charge >= 0.3 is 0 Å². The van der Waals surface area contributed by atoms with Crippen LogP contribution in [-0.4, -0.2) is 60.8 Å². The second kappa shape index (κ2) is 5.89. The molecule has 0 aliphatic carbocycles. The first-order valence-corrected chi connectivity index (χ1v) is 4.98. The summed E-state index contributed by atoms with van der Waals surface area (Å²) in [5.41, 5.74) is 0. The molecule has 0 saturated heterocycles. The molecular weight excluding hydrogens is 230 g/mol. The van der Waals surface area contributed by atoms with Crippen molar-refractivity contribution in [1.29, 1.82) is 0 Å². The Labute approximate surface area is 97.2 Å². The first kappa shape index (κ1) is 13.8. The zero-order chi connectivity index (χ0) is 13.0. The lowest BCUT2D eigenvalue weighted by Crippen LogP contribution is -2.46. The largest absolute Gasteiger partial charge is 0.394 e. The lowest BCUT2D eigenvalue weighted by Gasteiger charge is -2.22. The number of carbonyl (C=O) groups excluding carboxylic acids is 1. The molecule has 0 aromatic carbocycles. The summed E-state index contributed by atoms with van der Waals surface area (Å²) in [4.78, 5) is 11.5. The Morgan fingerprint density at radius 1 is 1.12 bits per heavy atom. The van der Waals surface area contributed by atoms with Crippen LogP contribution in [0.15, 0.2) is 24.5 Å². The molecule has 7 nitrogen and oxygen atoms in total. The number of hydrogen-bond donors (Lipinski definition) is 5. The number of aliphatic hydroxyl groups excluding tert-OH is 5. The second-order valence-electron chi connectivity index (χ2n) is 3.59. The zero-order valence-electron chi connectivity index (χ0n) is 8.92. The molecule has 17 heavy (non-hydrogen) atoms. The van der Waals surface area contributed by atoms with E-state index in [1.807, 2.05) is 0 Å². The van der Waals surface area contributed by atoms with E-state index < -0.39 is 36.9 Å². The van der Waals surface area contributed by atoms with Crippen molar-refractivity contribution in [1.82, 2.24) is 4.57 Å². The quantitative estimate of drug-likeness (QED) is 0.381. The fourth-order valence-corrected chi connectivity index (χ4v) is 1.30. The minimum absolute atomic E-state index is 0.800. The highest BCUT2D eigenvalue weighted by Crippen LogP contribution is 2.11. The molecule has 0 radical (unpaired) electrons. The number of nitrogens with zero attached hydrogens (tertiary/aromatic N) is 1. The van der Waals surface area contributed by atoms with Crippen LogP contribution in [0, 0.1) is 0 Å². The highest BCUT2D eigenvalue weighted by Gasteiger charge is 2.33. The standard InChI is InChI=1S/C10H15NO6/c12-5-6(13)7(14)8(15)9(16)10(17)11-3-1-2-4-11/h1-4,6-8,10,12-15,17H,5H2/t6-,7-,8+,10?/m1/s1. The van der Waals surface area contributed by atoms with Crippen molar-refractivity contribution < 1.29 is 30.3 Å². The maximum Gasteiger partial charge on any atom is 0.213 e. The summed E-state index contributed by atoms with van der Waals surface area (Å²) >= 11 is 0. The van der Waals surface area contributed by atoms with Crippen LogP contribution in [0.3, 0.4) is 0 Å². The average Bonchev–Trinajstić information content (AvgIpc) is 2.87. The fraction of sp³-hybridized carbons (Fsp3) is 0.500. The third-order valence-electron chi connectivity index (χ3n) is 2.36. The van der Waals surface area contributed by atoms with E-state index in [1.165, 1.54) is 12.4 Å². The highest BCUT2D eigenvalue weighted by atomic mass is 16.4. The highest BCUT2D eigenvalue weighted by molar-refractivity contribution is 5.86. The summed E-state index contributed by atoms with van der Waals surface area (Å²) in [6.07, 6.45) is -4.31. The van der Waals surface area contributed by atoms with Gasteiger partial charge in [0, 0.05) is 12.4 Å². The molecule has 4 atom stereocenters. The van der Waals surface area contributed by atoms with E-state index in [1.54, 1.807) is 12.1 Å². The normalized spacial score (nSPS) is 18.4. The second-order valence-corrected chi connectivity index (χ2v) is 3.59. The number of Topliss-reactive ketones (excluding diaryl/α,β-unsaturated/α-hetero) is 1. The van der Waals surface area contributed by atoms with Crippen LogP contribution in [0.4, 0.5) is 0 Å². The number of aliphatic hydroxyl groups is 5. The molecule has 1 rings (SSSR count). The molecule has 7 heteroatoms. The van der Waals surface area contributed by atoms with Crippen molar-refractivity contribution in [2.24, 2.45) is 0 Å². The SMILES string of the molecule is O=C(C(O)n1cccc1)[C@@H](O)[C@H](O)[C@H](O)CO. The molecule has 5 N–H and O–H groups in total. The van der Waals surface area contributed by atoms with Gasteiger partial charge in [0.05, 0.1) is 6.61 Å². The van der Waals surface area contributed by atoms with Gasteiger partial charge in [0.25, 0.3) is 0 Å². The zero-order valence-corrected chi connectivity index (χ0v) is 8.92. The molecule has 0 fully saturated rings. The van der Waals surface area contributed by atoms with Crippen molar-refractivity contribution in [3.63, 3.8) is 0 Å². The van der Waals surface area contributed by atoms with Crippen LogP contribution in [0.5, 0.6) is 0 Å². The Balaban J connectivity index is 2.69. The van der Waals surface area contributed by atoms with Crippen molar-refractivity contribution in [3.8, 4) is 0 Å². The van der Waals surface area contributed by atoms with Gasteiger partial charge in [-0.25, -0.2) is 0 Å². The summed E-state index contributed by atoms with van der Waals surface area (Å²) in [5, 5.41) is 45.9. The molecule has 1 heterocycles. The van der Waals surface area contributed by atoms with Gasteiger partial charge in [-0.2, -0.15) is 0 Å². The Bertz CT molecular complexity index is 352. The summed E-state index contributed by atoms with van der Waals surface area (Å²) < 4.78 is 1.13. The molecule has 0 aliphatic heterocycles. The number of rotatable bonds is 6. The predicted octanol–water partition coefficient (Wildman–Crippen LogP) is -2.38. The third kappa shape index (κ3) is 3.11. The number of aromatic nitrogens is 1. The molecule has 1 unspecified atom stereocenters. The molecule has 0 bridgehead atoms. The molecule has 0 spiro atoms. The smallest absolute Gasteiger partial charge is 0.213 e. The molecule has 0 amide bonds. The van der Waals surface area contributed by atoms with Gasteiger partial charge in [-0.1, -0.05) is 0 Å². The van der Waals surface area contributed by atoms with Gasteiger partial charge in [-0.15, -0.1) is 0 Å². The van der Waals surface area contributed by atoms with E-state index in [9.17, 15) is 20.1 Å². The van der Waals surface area contributed by atoms with Gasteiger partial charge < -0.3 is 30.1 Å². The van der Waals surface area contributed by atoms with Crippen LogP contribution in [0.1, 0.15) is 6.23 Å². The number of carbonyl (C=O) groups is 1. The molecule has 0 aliphatic rings. The molecule has 1 aromatic rings. The Morgan fingerprint density at radius 3 is 2.12 bits per heavy atom. The predicted molar refractivity (Wildman–Crippen MR) is 55.8 cm³/mol. The Hall–Kier alpha value is -1.25. The lowest BCUT2D eigenvalue weighted by molar-refractivity contribution is -0.152. The summed E-state index contributed by atoms with van der Waals surface area (Å²) in [7, 11) is 0. The first-order valence-electron chi connectivity index (χ1n) is 4.98. The minimum Gasteiger partial charge on any atom is -0.394 e. The van der Waals surface area contributed by atoms with E-state index in [2.05, 4.69) is 0 Å². The van der Waals surface area contributed by atoms with E-state index in [0.29, 0.717) is 0 Å². The van der Waals surface area contributed by atoms with Crippen LogP contribution in [0.25, 0.3) is 0 Å². The number of ketones is 1. The maximum absolute atomic E-state index is 11.5. The Morgan fingerprint density at radius 2 is 1.65 bits per heavy atom. The minimum atomic E-state index is -1.98. The topological polar surface area (TPSA) is 123 Å². The van der Waals surface area contributed by atoms with E-state index in [-0.39, 0.29) is 0 Å². The fourth-order valence-electron chi connectivity index (χ4n) is 1.30. The Kier molecular flexibility index (Phi) is 4.79.